The second-order valence-corrected chi connectivity index (χ2v) is 6.67. The summed E-state index contributed by atoms with van der Waals surface area (Å²) in [5.41, 5.74) is 1.41. The van der Waals surface area contributed by atoms with Crippen molar-refractivity contribution in [2.45, 2.75) is 46.1 Å². The first-order chi connectivity index (χ1) is 9.99. The minimum absolute atomic E-state index is 0.0949. The molecule has 0 aliphatic heterocycles. The van der Waals surface area contributed by atoms with E-state index in [0.717, 1.165) is 12.8 Å². The van der Waals surface area contributed by atoms with E-state index in [1.807, 2.05) is 6.08 Å². The van der Waals surface area contributed by atoms with Gasteiger partial charge in [-0.2, -0.15) is 0 Å². The molecule has 0 radical (unpaired) electrons. The normalized spacial score (nSPS) is 36.3. The van der Waals surface area contributed by atoms with Crippen LogP contribution in [0.5, 0.6) is 0 Å². The molecular formula is C17H28O4. The van der Waals surface area contributed by atoms with Crippen LogP contribution in [0.2, 0.25) is 0 Å². The lowest BCUT2D eigenvalue weighted by atomic mass is 9.57. The fourth-order valence-corrected chi connectivity index (χ4v) is 3.74. The van der Waals surface area contributed by atoms with Crippen molar-refractivity contribution in [3.8, 4) is 0 Å². The summed E-state index contributed by atoms with van der Waals surface area (Å²) in [4.78, 5) is 11.7. The Labute approximate surface area is 127 Å². The van der Waals surface area contributed by atoms with Gasteiger partial charge in [-0.25, -0.2) is 0 Å². The molecule has 2 aliphatic rings. The Hall–Kier alpha value is -0.710. The number of hydrogen-bond acceptors (Lipinski definition) is 4. The number of methoxy groups -OCH3 is 1. The number of ether oxygens (including phenoxy) is 3. The van der Waals surface area contributed by atoms with E-state index in [0.29, 0.717) is 38.3 Å². The summed E-state index contributed by atoms with van der Waals surface area (Å²) >= 11 is 0. The van der Waals surface area contributed by atoms with Crippen molar-refractivity contribution in [2.75, 3.05) is 27.1 Å². The Bertz CT molecular complexity index is 404. The number of fused-ring (bicyclic) bond motifs is 1. The highest BCUT2D eigenvalue weighted by Crippen LogP contribution is 2.52. The molecule has 0 saturated heterocycles. The molecule has 1 fully saturated rings. The Balaban J connectivity index is 1.98. The molecule has 4 nitrogen and oxygen atoms in total. The van der Waals surface area contributed by atoms with Crippen LogP contribution in [0.1, 0.15) is 40.0 Å². The molecule has 0 aromatic carbocycles. The second-order valence-electron chi connectivity index (χ2n) is 6.67. The number of carbonyl (C=O) groups is 1. The molecule has 0 aromatic heterocycles. The van der Waals surface area contributed by atoms with E-state index in [-0.39, 0.29) is 17.3 Å². The molecule has 1 saturated carbocycles. The lowest BCUT2D eigenvalue weighted by Crippen LogP contribution is -2.47. The maximum absolute atomic E-state index is 11.7. The van der Waals surface area contributed by atoms with Gasteiger partial charge in [0.15, 0.2) is 5.78 Å². The van der Waals surface area contributed by atoms with E-state index in [4.69, 9.17) is 14.2 Å². The monoisotopic (exact) mass is 296 g/mol. The zero-order valence-electron chi connectivity index (χ0n) is 13.7. The van der Waals surface area contributed by atoms with Gasteiger partial charge in [-0.3, -0.25) is 4.79 Å². The average Bonchev–Trinajstić information content (AvgIpc) is 2.45. The zero-order chi connectivity index (χ0) is 15.5. The molecule has 0 N–H and O–H groups in total. The highest BCUT2D eigenvalue weighted by Gasteiger charge is 2.47. The van der Waals surface area contributed by atoms with Crippen molar-refractivity contribution < 1.29 is 19.0 Å². The van der Waals surface area contributed by atoms with E-state index in [9.17, 15) is 4.79 Å². The van der Waals surface area contributed by atoms with Crippen molar-refractivity contribution in [1.82, 2.24) is 0 Å². The van der Waals surface area contributed by atoms with Gasteiger partial charge in [0.25, 0.3) is 0 Å². The average molecular weight is 296 g/mol. The number of carbonyl (C=O) groups excluding carboxylic acids is 1. The van der Waals surface area contributed by atoms with E-state index < -0.39 is 0 Å². The first-order valence-corrected chi connectivity index (χ1v) is 7.91. The Kier molecular flexibility index (Phi) is 5.58. The van der Waals surface area contributed by atoms with Crippen LogP contribution in [0.25, 0.3) is 0 Å². The number of ketones is 1. The maximum atomic E-state index is 11.7. The Morgan fingerprint density at radius 3 is 2.81 bits per heavy atom. The molecule has 4 heteroatoms. The largest absolute Gasteiger partial charge is 0.382 e. The predicted molar refractivity (Wildman–Crippen MR) is 80.9 cm³/mol. The Morgan fingerprint density at radius 2 is 2.10 bits per heavy atom. The van der Waals surface area contributed by atoms with E-state index in [1.165, 1.54) is 5.57 Å². The molecule has 0 bridgehead atoms. The van der Waals surface area contributed by atoms with Crippen LogP contribution in [0.4, 0.5) is 0 Å². The fraction of sp³-hybridized carbons (Fsp3) is 0.824. The minimum atomic E-state index is 0.0949. The number of allylic oxidation sites excluding steroid dienone is 2. The molecule has 0 unspecified atom stereocenters. The first-order valence-electron chi connectivity index (χ1n) is 7.91. The van der Waals surface area contributed by atoms with Crippen LogP contribution < -0.4 is 0 Å². The molecule has 21 heavy (non-hydrogen) atoms. The molecule has 4 atom stereocenters. The molecule has 0 aromatic rings. The van der Waals surface area contributed by atoms with Crippen molar-refractivity contribution in [1.29, 1.82) is 0 Å². The fourth-order valence-electron chi connectivity index (χ4n) is 3.74. The maximum Gasteiger partial charge on any atom is 0.155 e. The number of hydrogen-bond donors (Lipinski definition) is 0. The summed E-state index contributed by atoms with van der Waals surface area (Å²) in [5, 5.41) is 0. The van der Waals surface area contributed by atoms with Crippen LogP contribution in [-0.4, -0.2) is 39.0 Å². The molecule has 2 rings (SSSR count). The molecule has 0 amide bonds. The van der Waals surface area contributed by atoms with E-state index in [2.05, 4.69) is 20.8 Å². The van der Waals surface area contributed by atoms with Gasteiger partial charge in [-0.15, -0.1) is 0 Å². The van der Waals surface area contributed by atoms with Crippen LogP contribution in [0.15, 0.2) is 11.6 Å². The van der Waals surface area contributed by atoms with Gasteiger partial charge >= 0.3 is 0 Å². The molecular weight excluding hydrogens is 268 g/mol. The lowest BCUT2D eigenvalue weighted by molar-refractivity contribution is -0.149. The first kappa shape index (κ1) is 16.7. The van der Waals surface area contributed by atoms with E-state index >= 15 is 0 Å². The third-order valence-electron chi connectivity index (χ3n) is 5.34. The van der Waals surface area contributed by atoms with Gasteiger partial charge in [0.05, 0.1) is 19.3 Å². The minimum Gasteiger partial charge on any atom is -0.382 e. The van der Waals surface area contributed by atoms with Gasteiger partial charge in [0.1, 0.15) is 6.79 Å². The summed E-state index contributed by atoms with van der Waals surface area (Å²) in [6, 6.07) is 0. The summed E-state index contributed by atoms with van der Waals surface area (Å²) in [7, 11) is 1.66. The van der Waals surface area contributed by atoms with Gasteiger partial charge in [0.2, 0.25) is 0 Å². The standard InChI is InChI=1S/C17H28O4/c1-12-9-14-10-15(18)5-6-17(14,3)13(2)16(12)21-11-20-8-7-19-4/h10,12-13,16H,5-9,11H2,1-4H3/t12-,13+,16+,17-/m1/s1. The highest BCUT2D eigenvalue weighted by molar-refractivity contribution is 5.91. The van der Waals surface area contributed by atoms with Gasteiger partial charge in [0, 0.05) is 13.5 Å². The van der Waals surface area contributed by atoms with Crippen molar-refractivity contribution >= 4 is 5.78 Å². The van der Waals surface area contributed by atoms with E-state index in [1.54, 1.807) is 7.11 Å². The van der Waals surface area contributed by atoms with Gasteiger partial charge in [-0.05, 0) is 36.2 Å². The Morgan fingerprint density at radius 1 is 1.33 bits per heavy atom. The van der Waals surface area contributed by atoms with Crippen LogP contribution in [0, 0.1) is 17.3 Å². The third-order valence-corrected chi connectivity index (χ3v) is 5.34. The molecule has 0 spiro atoms. The highest BCUT2D eigenvalue weighted by atomic mass is 16.7. The summed E-state index contributed by atoms with van der Waals surface area (Å²) < 4.78 is 16.4. The van der Waals surface area contributed by atoms with Gasteiger partial charge in [-0.1, -0.05) is 26.3 Å². The van der Waals surface area contributed by atoms with Crippen molar-refractivity contribution in [2.24, 2.45) is 17.3 Å². The third kappa shape index (κ3) is 3.55. The summed E-state index contributed by atoms with van der Waals surface area (Å²) in [6.45, 7) is 8.20. The van der Waals surface area contributed by atoms with Crippen molar-refractivity contribution in [3.05, 3.63) is 11.6 Å². The van der Waals surface area contributed by atoms with Crippen LogP contribution in [0.3, 0.4) is 0 Å². The molecule has 120 valence electrons. The molecule has 2 aliphatic carbocycles. The van der Waals surface area contributed by atoms with Gasteiger partial charge < -0.3 is 14.2 Å². The van der Waals surface area contributed by atoms with Crippen LogP contribution in [-0.2, 0) is 19.0 Å². The SMILES string of the molecule is COCCOCO[C@H]1[C@H](C)CC2=CC(=O)CC[C@]2(C)[C@H]1C. The summed E-state index contributed by atoms with van der Waals surface area (Å²) in [5.74, 6) is 1.09. The second kappa shape index (κ2) is 7.03. The smallest absolute Gasteiger partial charge is 0.155 e. The lowest BCUT2D eigenvalue weighted by Gasteiger charge is -2.50. The summed E-state index contributed by atoms with van der Waals surface area (Å²) in [6.07, 6.45) is 4.63. The quantitative estimate of drug-likeness (QED) is 0.558. The molecule has 0 heterocycles. The number of rotatable bonds is 6. The zero-order valence-corrected chi connectivity index (χ0v) is 13.7. The van der Waals surface area contributed by atoms with Crippen LogP contribution >= 0.6 is 0 Å². The predicted octanol–water partition coefficient (Wildman–Crippen LogP) is 2.96. The topological polar surface area (TPSA) is 44.8 Å². The van der Waals surface area contributed by atoms with Crippen molar-refractivity contribution in [3.63, 3.8) is 0 Å².